The largest absolute Gasteiger partial charge is 0.481 e. The molecule has 51 heavy (non-hydrogen) atoms. The van der Waals surface area contributed by atoms with Gasteiger partial charge in [-0.2, -0.15) is 0 Å². The van der Waals surface area contributed by atoms with Crippen LogP contribution in [0.3, 0.4) is 0 Å². The Morgan fingerprint density at radius 3 is 2.10 bits per heavy atom. The number of rotatable bonds is 19. The highest BCUT2D eigenvalue weighted by Crippen LogP contribution is 2.39. The van der Waals surface area contributed by atoms with Crippen molar-refractivity contribution in [2.45, 2.75) is 179 Å². The zero-order valence-corrected chi connectivity index (χ0v) is 33.1. The lowest BCUT2D eigenvalue weighted by Gasteiger charge is -2.48. The fourth-order valence-electron chi connectivity index (χ4n) is 8.05. The average molecular weight is 736 g/mol. The van der Waals surface area contributed by atoms with E-state index in [2.05, 4.69) is 0 Å². The van der Waals surface area contributed by atoms with E-state index < -0.39 is 95.6 Å². The fraction of sp³-hybridized carbons (Fsp3) is 0.946. The smallest absolute Gasteiger partial charge is 0.308 e. The molecule has 0 bridgehead atoms. The first-order valence-corrected chi connectivity index (χ1v) is 18.4. The zero-order chi connectivity index (χ0) is 39.4. The molecule has 0 aliphatic carbocycles. The maximum Gasteiger partial charge on any atom is 0.308 e. The summed E-state index contributed by atoms with van der Waals surface area (Å²) in [5.41, 5.74) is -4.40. The summed E-state index contributed by atoms with van der Waals surface area (Å²) in [5.74, 6) is -5.42. The number of ether oxygens (including phenoxy) is 5. The molecular weight excluding hydrogens is 666 g/mol. The summed E-state index contributed by atoms with van der Waals surface area (Å²) in [5, 5.41) is 66.5. The lowest BCUT2D eigenvalue weighted by molar-refractivity contribution is -0.317. The van der Waals surface area contributed by atoms with E-state index in [0.29, 0.717) is 12.8 Å². The first-order valence-electron chi connectivity index (χ1n) is 18.4. The van der Waals surface area contributed by atoms with Gasteiger partial charge in [0.05, 0.1) is 53.2 Å². The quantitative estimate of drug-likeness (QED) is 0.113. The van der Waals surface area contributed by atoms with Crippen molar-refractivity contribution in [1.29, 1.82) is 0 Å². The number of hydrogen-bond acceptors (Lipinski definition) is 13. The summed E-state index contributed by atoms with van der Waals surface area (Å²) >= 11 is 0. The van der Waals surface area contributed by atoms with Crippen molar-refractivity contribution in [2.24, 2.45) is 23.7 Å². The Morgan fingerprint density at radius 1 is 1.00 bits per heavy atom. The first kappa shape index (κ1) is 45.9. The highest BCUT2D eigenvalue weighted by atomic mass is 16.7. The number of nitrogens with zero attached hydrogens (tertiary/aromatic N) is 1. The molecule has 0 aromatic carbocycles. The number of Topliss-reactive ketones (excluding diaryl/α,β-unsaturated/α-hetero) is 1. The van der Waals surface area contributed by atoms with Crippen LogP contribution in [0, 0.1) is 23.7 Å². The van der Waals surface area contributed by atoms with E-state index in [1.165, 1.54) is 27.9 Å². The van der Waals surface area contributed by atoms with Gasteiger partial charge in [-0.3, -0.25) is 9.59 Å². The topological polar surface area (TPSA) is 205 Å². The Bertz CT molecular complexity index is 1120. The minimum Gasteiger partial charge on any atom is -0.481 e. The number of likely N-dealkylation sites (N-methyl/N-ethyl adjacent to an activating group) is 1. The van der Waals surface area contributed by atoms with Gasteiger partial charge in [-0.25, -0.2) is 0 Å². The van der Waals surface area contributed by atoms with Crippen molar-refractivity contribution in [1.82, 2.24) is 4.90 Å². The van der Waals surface area contributed by atoms with E-state index in [9.17, 15) is 40.2 Å². The molecule has 0 radical (unpaired) electrons. The van der Waals surface area contributed by atoms with Crippen molar-refractivity contribution in [3.8, 4) is 0 Å². The van der Waals surface area contributed by atoms with Gasteiger partial charge in [-0.1, -0.05) is 34.1 Å². The van der Waals surface area contributed by atoms with Crippen LogP contribution in [-0.2, 0) is 33.3 Å². The predicted octanol–water partition coefficient (Wildman–Crippen LogP) is 2.33. The summed E-state index contributed by atoms with van der Waals surface area (Å²) in [6.07, 6.45) is -7.84. The van der Waals surface area contributed by atoms with Crippen molar-refractivity contribution in [2.75, 3.05) is 21.2 Å². The second kappa shape index (κ2) is 18.4. The minimum atomic E-state index is -1.85. The molecule has 0 saturated carbocycles. The lowest BCUT2D eigenvalue weighted by Crippen LogP contribution is -2.60. The Kier molecular flexibility index (Phi) is 16.5. The zero-order valence-electron chi connectivity index (χ0n) is 33.1. The van der Waals surface area contributed by atoms with Gasteiger partial charge in [0.15, 0.2) is 12.6 Å². The number of ketones is 1. The number of carboxylic acids is 1. The first-order chi connectivity index (χ1) is 23.3. The Labute approximate surface area is 304 Å². The minimum absolute atomic E-state index is 0.0759. The lowest BCUT2D eigenvalue weighted by atomic mass is 9.74. The molecule has 0 spiro atoms. The Morgan fingerprint density at radius 2 is 1.59 bits per heavy atom. The summed E-state index contributed by atoms with van der Waals surface area (Å²) in [6, 6.07) is -0.348. The van der Waals surface area contributed by atoms with Crippen LogP contribution >= 0.6 is 0 Å². The van der Waals surface area contributed by atoms with Crippen LogP contribution in [0.1, 0.15) is 101 Å². The maximum atomic E-state index is 13.7. The second-order valence-corrected chi connectivity index (χ2v) is 16.4. The third-order valence-electron chi connectivity index (χ3n) is 11.4. The third-order valence-corrected chi connectivity index (χ3v) is 11.4. The molecule has 2 aliphatic rings. The fourth-order valence-corrected chi connectivity index (χ4v) is 8.05. The predicted molar refractivity (Wildman–Crippen MR) is 189 cm³/mol. The molecule has 6 N–H and O–H groups in total. The molecule has 0 aromatic heterocycles. The Balaban J connectivity index is 2.56. The van der Waals surface area contributed by atoms with E-state index in [1.54, 1.807) is 34.6 Å². The van der Waals surface area contributed by atoms with Crippen LogP contribution in [0.15, 0.2) is 0 Å². The molecule has 0 aromatic rings. The average Bonchev–Trinajstić information content (AvgIpc) is 3.03. The van der Waals surface area contributed by atoms with Crippen molar-refractivity contribution < 1.29 is 63.9 Å². The SMILES string of the molecule is CCCC(C)(O)C(O)C(C)C(=O)C(C)CC(C)(O)C(O[C@@H]1O[C@H](C)C[C@H](N(C)C)[C@H]1O)C(C)C(O[C@H]1C[C@@](C)(OC)[C@@H](O)[C@H](C)O1)C(C)C(=O)O. The normalized spacial score (nSPS) is 35.5. The van der Waals surface area contributed by atoms with Crippen LogP contribution in [0.25, 0.3) is 0 Å². The maximum absolute atomic E-state index is 13.7. The van der Waals surface area contributed by atoms with Gasteiger partial charge in [0.2, 0.25) is 0 Å². The monoisotopic (exact) mass is 735 g/mol. The molecule has 2 aliphatic heterocycles. The van der Waals surface area contributed by atoms with Gasteiger partial charge in [0, 0.05) is 37.3 Å². The number of carbonyl (C=O) groups is 2. The van der Waals surface area contributed by atoms with Gasteiger partial charge in [-0.05, 0) is 74.9 Å². The Hall–Kier alpha value is -1.30. The highest BCUT2D eigenvalue weighted by Gasteiger charge is 2.51. The van der Waals surface area contributed by atoms with Crippen LogP contribution in [0.4, 0.5) is 0 Å². The van der Waals surface area contributed by atoms with Crippen molar-refractivity contribution in [3.05, 3.63) is 0 Å². The van der Waals surface area contributed by atoms with Gasteiger partial charge in [0.25, 0.3) is 0 Å². The summed E-state index contributed by atoms with van der Waals surface area (Å²) < 4.78 is 30.6. The number of carboxylic acid groups (broad SMARTS) is 1. The molecule has 17 atom stereocenters. The number of carbonyl (C=O) groups excluding carboxylic acids is 1. The summed E-state index contributed by atoms with van der Waals surface area (Å²) in [7, 11) is 5.12. The summed E-state index contributed by atoms with van der Waals surface area (Å²) in [4.78, 5) is 28.1. The number of hydrogen-bond donors (Lipinski definition) is 6. The molecule has 14 nitrogen and oxygen atoms in total. The van der Waals surface area contributed by atoms with Crippen molar-refractivity contribution >= 4 is 11.8 Å². The highest BCUT2D eigenvalue weighted by molar-refractivity contribution is 5.83. The van der Waals surface area contributed by atoms with Gasteiger partial charge in [0.1, 0.15) is 18.0 Å². The molecule has 14 heteroatoms. The molecule has 2 saturated heterocycles. The molecule has 2 rings (SSSR count). The van der Waals surface area contributed by atoms with Gasteiger partial charge in [-0.15, -0.1) is 0 Å². The van der Waals surface area contributed by atoms with E-state index in [1.807, 2.05) is 32.8 Å². The molecular formula is C37H69NO13. The molecule has 2 fully saturated rings. The van der Waals surface area contributed by atoms with E-state index in [0.717, 1.165) is 0 Å². The van der Waals surface area contributed by atoms with Crippen LogP contribution in [0.5, 0.6) is 0 Å². The number of aliphatic carboxylic acids is 1. The second-order valence-electron chi connectivity index (χ2n) is 16.4. The van der Waals surface area contributed by atoms with Gasteiger partial charge < -0.3 is 59.2 Å². The molecule has 2 heterocycles. The number of methoxy groups -OCH3 is 1. The third kappa shape index (κ3) is 11.1. The number of aliphatic hydroxyl groups is 5. The molecule has 0 amide bonds. The van der Waals surface area contributed by atoms with Crippen LogP contribution in [0.2, 0.25) is 0 Å². The van der Waals surface area contributed by atoms with Crippen LogP contribution < -0.4 is 0 Å². The molecule has 300 valence electrons. The molecule has 9 unspecified atom stereocenters. The van der Waals surface area contributed by atoms with Crippen molar-refractivity contribution in [3.63, 3.8) is 0 Å². The number of aliphatic hydroxyl groups excluding tert-OH is 3. The van der Waals surface area contributed by atoms with Gasteiger partial charge >= 0.3 is 5.97 Å². The van der Waals surface area contributed by atoms with E-state index in [-0.39, 0.29) is 37.2 Å². The standard InChI is InChI=1S/C37H69NO13/c1-14-15-35(8,45)30(41)21(4)27(39)19(2)17-36(9,46)32(51-34-28(40)25(38(11)12)16-20(3)48-34)22(5)29(23(6)33(43)44)50-26-18-37(10,47-13)31(42)24(7)49-26/h19-26,28-32,34,40-42,45-46H,14-18H2,1-13H3,(H,43,44)/t19?,20-,21?,22?,23?,24+,25+,26+,28-,29?,30?,31+,32?,34+,35?,36?,37-/m1/s1. The summed E-state index contributed by atoms with van der Waals surface area (Å²) in [6.45, 7) is 16.4. The van der Waals surface area contributed by atoms with Crippen LogP contribution in [-0.4, -0.2) is 147 Å². The van der Waals surface area contributed by atoms with E-state index >= 15 is 0 Å². The van der Waals surface area contributed by atoms with E-state index in [4.69, 9.17) is 23.7 Å².